The van der Waals surface area contributed by atoms with E-state index >= 15 is 4.39 Å². The van der Waals surface area contributed by atoms with Crippen molar-refractivity contribution < 1.29 is 74.3 Å². The average Bonchev–Trinajstić information content (AvgIpc) is 3.94. The fourth-order valence-electron chi connectivity index (χ4n) is 6.03. The van der Waals surface area contributed by atoms with Crippen molar-refractivity contribution in [3.05, 3.63) is 25.3 Å². The number of halogens is 1. The molecule has 3 fully saturated rings. The Morgan fingerprint density at radius 1 is 0.750 bits per heavy atom. The Morgan fingerprint density at radius 3 is 1.70 bits per heavy atom. The van der Waals surface area contributed by atoms with E-state index in [0.717, 1.165) is 17.2 Å². The molecule has 3 aliphatic rings. The number of aliphatic hydroxyl groups is 1. The van der Waals surface area contributed by atoms with Gasteiger partial charge in [-0.15, -0.1) is 0 Å². The van der Waals surface area contributed by atoms with Crippen molar-refractivity contribution in [3.8, 4) is 0 Å². The summed E-state index contributed by atoms with van der Waals surface area (Å²) in [5.41, 5.74) is 10.3. The van der Waals surface area contributed by atoms with Crippen LogP contribution in [-0.2, 0) is 64.8 Å². The second-order valence-corrected chi connectivity index (χ2v) is 19.0. The number of hydrogen-bond acceptors (Lipinski definition) is 23. The summed E-state index contributed by atoms with van der Waals surface area (Å²) in [6.07, 6.45) is -9.37. The van der Waals surface area contributed by atoms with Crippen molar-refractivity contribution in [2.75, 3.05) is 38.3 Å². The molecule has 4 aromatic heterocycles. The third kappa shape index (κ3) is 8.85. The van der Waals surface area contributed by atoms with Crippen LogP contribution >= 0.6 is 15.6 Å². The van der Waals surface area contributed by atoms with Gasteiger partial charge in [-0.1, -0.05) is 0 Å². The summed E-state index contributed by atoms with van der Waals surface area (Å²) in [7, 11) is -10.2. The van der Waals surface area contributed by atoms with Crippen LogP contribution in [-0.4, -0.2) is 120 Å². The van der Waals surface area contributed by atoms with E-state index in [4.69, 9.17) is 57.6 Å². The number of phosphoric ester groups is 2. The minimum Gasteiger partial charge on any atom is -0.437 e. The van der Waals surface area contributed by atoms with Crippen LogP contribution < -0.4 is 11.5 Å². The maximum absolute atomic E-state index is 16.8. The first-order chi connectivity index (χ1) is 28.2. The zero-order valence-corrected chi connectivity index (χ0v) is 34.7. The van der Waals surface area contributed by atoms with Gasteiger partial charge < -0.3 is 35.5 Å². The van der Waals surface area contributed by atoms with Crippen molar-refractivity contribution in [2.45, 2.75) is 90.7 Å². The largest absolute Gasteiger partial charge is 0.478 e. The maximum atomic E-state index is 16.8. The van der Waals surface area contributed by atoms with E-state index in [-0.39, 0.29) is 34.0 Å². The Labute approximate surface area is 339 Å². The van der Waals surface area contributed by atoms with Gasteiger partial charge in [-0.05, 0) is 41.5 Å². The summed E-state index contributed by atoms with van der Waals surface area (Å²) in [4.78, 5) is 49.7. The van der Waals surface area contributed by atoms with E-state index in [9.17, 15) is 23.8 Å². The number of carbonyl (C=O) groups excluding carboxylic acids is 2. The molecule has 2 bridgehead atoms. The molecule has 28 heteroatoms. The van der Waals surface area contributed by atoms with Crippen LogP contribution in [0.4, 0.5) is 16.0 Å². The smallest absolute Gasteiger partial charge is 0.437 e. The quantitative estimate of drug-likeness (QED) is 0.130. The SMILES string of the molecule is CC(C)(C)C(=O)OCOP1(=O)OC[C@H]2O[C@@H](n3cnc4c(N)ncnc43)C(F)C2OP(=O)(OCOC(=O)C(C)(C)C)OCC2O[C@@H](n3cnc4c(N)ncnc43)C(O1)C2O. The Kier molecular flexibility index (Phi) is 12.0. The highest BCUT2D eigenvalue weighted by molar-refractivity contribution is 7.48. The number of hydrogen-bond donors (Lipinski definition) is 3. The molecule has 0 amide bonds. The van der Waals surface area contributed by atoms with Gasteiger partial charge >= 0.3 is 27.6 Å². The van der Waals surface area contributed by atoms with E-state index in [0.29, 0.717) is 0 Å². The highest BCUT2D eigenvalue weighted by Gasteiger charge is 2.56. The molecule has 60 heavy (non-hydrogen) atoms. The van der Waals surface area contributed by atoms with Gasteiger partial charge in [0.05, 0.1) is 36.7 Å². The molecule has 5 N–H and O–H groups in total. The van der Waals surface area contributed by atoms with Crippen LogP contribution in [0.5, 0.6) is 0 Å². The topological polar surface area (TPSA) is 320 Å². The third-order valence-electron chi connectivity index (χ3n) is 9.22. The van der Waals surface area contributed by atoms with Crippen LogP contribution in [0.25, 0.3) is 22.3 Å². The van der Waals surface area contributed by atoms with Crippen LogP contribution in [0.2, 0.25) is 0 Å². The molecule has 3 saturated heterocycles. The number of fused-ring (bicyclic) bond motifs is 5. The number of ether oxygens (including phenoxy) is 4. The third-order valence-corrected chi connectivity index (χ3v) is 12.0. The minimum atomic E-state index is -5.08. The van der Waals surface area contributed by atoms with Crippen LogP contribution in [0.3, 0.4) is 0 Å². The molecule has 10 atom stereocenters. The van der Waals surface area contributed by atoms with E-state index in [1.165, 1.54) is 17.2 Å². The van der Waals surface area contributed by atoms with Gasteiger partial charge in [0.2, 0.25) is 13.6 Å². The first-order valence-corrected chi connectivity index (χ1v) is 21.1. The lowest BCUT2D eigenvalue weighted by atomic mass is 9.98. The molecule has 0 radical (unpaired) electrons. The number of esters is 2. The van der Waals surface area contributed by atoms with Crippen molar-refractivity contribution >= 4 is 61.5 Å². The molecular weight excluding hydrogens is 845 g/mol. The molecule has 0 aliphatic carbocycles. The number of alkyl halides is 1. The fraction of sp³-hybridized carbons (Fsp3) is 0.625. The highest BCUT2D eigenvalue weighted by Crippen LogP contribution is 2.58. The molecule has 0 aromatic carbocycles. The number of anilines is 2. The standard InChI is InChI=1S/C32H43FN10O15P2/c1-31(2,3)29(45)49-13-53-59(47)51-7-15-20(44)22(28(55-15)43-12-41-19-24(35)37-10-39-26(19)43)58-60(48,54-14-50-30(46)32(4,5)6)52-8-16-21(57-59)17(33)27(56-16)42-11-40-18-23(34)36-9-38-25(18)42/h9-12,15-17,20-22,27-28,44H,7-8,13-14H2,1-6H3,(H2,34,36,38)(H2,35,37,39)/t15?,16-,17?,20?,21?,22?,27-,28-,59?,60?/m1/s1. The first kappa shape index (κ1) is 43.7. The second kappa shape index (κ2) is 16.5. The lowest BCUT2D eigenvalue weighted by molar-refractivity contribution is -0.162. The number of aromatic nitrogens is 8. The fourth-order valence-corrected chi connectivity index (χ4v) is 8.52. The van der Waals surface area contributed by atoms with Gasteiger partial charge in [0.25, 0.3) is 0 Å². The average molecular weight is 889 g/mol. The van der Waals surface area contributed by atoms with E-state index in [1.54, 1.807) is 41.5 Å². The number of carbonyl (C=O) groups is 2. The molecular formula is C32H43FN10O15P2. The molecule has 4 aromatic rings. The molecule has 328 valence electrons. The Bertz CT molecular complexity index is 2340. The minimum absolute atomic E-state index is 0.00705. The van der Waals surface area contributed by atoms with Crippen molar-refractivity contribution in [1.29, 1.82) is 0 Å². The highest BCUT2D eigenvalue weighted by atomic mass is 31.2. The second-order valence-electron chi connectivity index (χ2n) is 15.7. The van der Waals surface area contributed by atoms with Gasteiger partial charge in [-0.2, -0.15) is 0 Å². The van der Waals surface area contributed by atoms with E-state index in [1.807, 2.05) is 0 Å². The van der Waals surface area contributed by atoms with Gasteiger partial charge in [0.15, 0.2) is 41.6 Å². The van der Waals surface area contributed by atoms with E-state index < -0.39 is 114 Å². The predicted molar refractivity (Wildman–Crippen MR) is 198 cm³/mol. The molecule has 7 heterocycles. The Balaban J connectivity index is 1.26. The summed E-state index contributed by atoms with van der Waals surface area (Å²) in [6, 6.07) is 0. The molecule has 0 spiro atoms. The lowest BCUT2D eigenvalue weighted by Crippen LogP contribution is -2.36. The normalized spacial score (nSPS) is 31.6. The Morgan fingerprint density at radius 2 is 1.20 bits per heavy atom. The summed E-state index contributed by atoms with van der Waals surface area (Å²) in [5.74, 6) is -1.54. The first-order valence-electron chi connectivity index (χ1n) is 18.2. The van der Waals surface area contributed by atoms with E-state index in [2.05, 4.69) is 29.9 Å². The number of nitrogen functional groups attached to an aromatic ring is 2. The predicted octanol–water partition coefficient (Wildman–Crippen LogP) is 2.48. The van der Waals surface area contributed by atoms with Crippen molar-refractivity contribution in [1.82, 2.24) is 39.0 Å². The molecule has 3 aliphatic heterocycles. The van der Waals surface area contributed by atoms with Gasteiger partial charge in [-0.25, -0.2) is 52.5 Å². The molecule has 0 saturated carbocycles. The Hall–Kier alpha value is -4.33. The lowest BCUT2D eigenvalue weighted by Gasteiger charge is -2.28. The van der Waals surface area contributed by atoms with Crippen molar-refractivity contribution in [3.63, 3.8) is 0 Å². The number of aliphatic hydroxyl groups excluding tert-OH is 1. The maximum Gasteiger partial charge on any atom is 0.478 e. The van der Waals surface area contributed by atoms with Gasteiger partial charge in [0.1, 0.15) is 54.2 Å². The summed E-state index contributed by atoms with van der Waals surface area (Å²) >= 11 is 0. The number of phosphoric acid groups is 2. The van der Waals surface area contributed by atoms with Crippen LogP contribution in [0.15, 0.2) is 25.3 Å². The number of nitrogens with zero attached hydrogens (tertiary/aromatic N) is 8. The number of nitrogens with two attached hydrogens (primary N) is 2. The van der Waals surface area contributed by atoms with Crippen LogP contribution in [0.1, 0.15) is 54.0 Å². The zero-order chi connectivity index (χ0) is 43.4. The van der Waals surface area contributed by atoms with Crippen molar-refractivity contribution in [2.24, 2.45) is 10.8 Å². The summed E-state index contributed by atoms with van der Waals surface area (Å²) in [6.45, 7) is 5.66. The molecule has 7 unspecified atom stereocenters. The molecule has 7 rings (SSSR count). The monoisotopic (exact) mass is 888 g/mol. The number of rotatable bonds is 8. The van der Waals surface area contributed by atoms with Crippen LogP contribution in [0, 0.1) is 10.8 Å². The van der Waals surface area contributed by atoms with Gasteiger partial charge in [-0.3, -0.25) is 36.8 Å². The summed E-state index contributed by atoms with van der Waals surface area (Å²) < 4.78 is 105. The zero-order valence-electron chi connectivity index (χ0n) is 32.9. The molecule has 25 nitrogen and oxygen atoms in total. The number of imidazole rings is 2. The summed E-state index contributed by atoms with van der Waals surface area (Å²) in [5, 5.41) is 11.7. The van der Waals surface area contributed by atoms with Gasteiger partial charge in [0, 0.05) is 0 Å².